The van der Waals surface area contributed by atoms with E-state index in [1.807, 2.05) is 0 Å². The third kappa shape index (κ3) is 12.1. The van der Waals surface area contributed by atoms with Crippen molar-refractivity contribution in [3.05, 3.63) is 115 Å². The van der Waals surface area contributed by atoms with Crippen LogP contribution in [0.25, 0.3) is 0 Å². The number of halogens is 2. The lowest BCUT2D eigenvalue weighted by molar-refractivity contribution is 0.300. The number of phenolic OH excluding ortho intramolecular Hbond substituents is 2. The van der Waals surface area contributed by atoms with Crippen LogP contribution >= 0.6 is 31.9 Å². The zero-order valence-corrected chi connectivity index (χ0v) is 42.2. The quantitative estimate of drug-likeness (QED) is 0.0966. The summed E-state index contributed by atoms with van der Waals surface area (Å²) in [5, 5.41) is 27.0. The van der Waals surface area contributed by atoms with Crippen LogP contribution in [0.2, 0.25) is 0 Å². The van der Waals surface area contributed by atoms with E-state index in [2.05, 4.69) is 163 Å². The molecule has 5 rings (SSSR count). The standard InChI is InChI=1S/C54H74Br2O4/c1-51(2,3)43-27-35-23-39-31-45(53(7,8)9)33-41(49(39)59-21-17-13-15-19-55)25-37-29-44(52(4,5)6)30-38(48(37)58)26-42-34-46(54(10,11)12)32-40(24-36(28-43)47(35)57)50(42)60-22-18-14-16-20-56/h27-34,57-58H,13-26H2,1-12H3. The van der Waals surface area contributed by atoms with Gasteiger partial charge in [-0.15, -0.1) is 0 Å². The van der Waals surface area contributed by atoms with Crippen molar-refractivity contribution in [3.63, 3.8) is 0 Å². The Morgan fingerprint density at radius 2 is 0.617 bits per heavy atom. The van der Waals surface area contributed by atoms with Gasteiger partial charge in [-0.2, -0.15) is 0 Å². The van der Waals surface area contributed by atoms with Gasteiger partial charge in [0.2, 0.25) is 0 Å². The number of hydrogen-bond donors (Lipinski definition) is 2. The summed E-state index contributed by atoms with van der Waals surface area (Å²) in [5.41, 5.74) is 12.1. The Bertz CT molecular complexity index is 1860. The Morgan fingerprint density at radius 3 is 0.833 bits per heavy atom. The summed E-state index contributed by atoms with van der Waals surface area (Å²) in [6.07, 6.45) is 8.30. The summed E-state index contributed by atoms with van der Waals surface area (Å²) in [5.74, 6) is 2.41. The molecule has 0 amide bonds. The van der Waals surface area contributed by atoms with E-state index in [0.717, 1.165) is 105 Å². The van der Waals surface area contributed by atoms with Crippen molar-refractivity contribution in [1.29, 1.82) is 0 Å². The highest BCUT2D eigenvalue weighted by Crippen LogP contribution is 2.44. The maximum Gasteiger partial charge on any atom is 0.126 e. The minimum absolute atomic E-state index is 0.141. The van der Waals surface area contributed by atoms with Crippen molar-refractivity contribution in [1.82, 2.24) is 0 Å². The van der Waals surface area contributed by atoms with Gasteiger partial charge in [-0.05, 0) is 127 Å². The normalized spacial score (nSPS) is 13.7. The van der Waals surface area contributed by atoms with Gasteiger partial charge in [0.15, 0.2) is 0 Å². The molecule has 6 heteroatoms. The molecule has 4 nitrogen and oxygen atoms in total. The molecular formula is C54H74Br2O4. The SMILES string of the molecule is CC(C)(C)c1cc2c(O)c(c1)Cc1cc(C(C)(C)C)cc(c1OCCCCCBr)Cc1cc(C(C)(C)C)cc(c1O)Cc1cc(C(C)(C)C)cc(c1OCCCCCBr)C2. The van der Waals surface area contributed by atoms with Crippen LogP contribution in [0.4, 0.5) is 0 Å². The second-order valence-corrected chi connectivity index (χ2v) is 23.0. The van der Waals surface area contributed by atoms with Crippen molar-refractivity contribution >= 4 is 31.9 Å². The van der Waals surface area contributed by atoms with Crippen LogP contribution in [0.1, 0.15) is 188 Å². The summed E-state index contributed by atoms with van der Waals surface area (Å²) in [6.45, 7) is 28.3. The molecule has 0 unspecified atom stereocenters. The van der Waals surface area contributed by atoms with Crippen LogP contribution in [0.3, 0.4) is 0 Å². The van der Waals surface area contributed by atoms with Crippen LogP contribution in [0.5, 0.6) is 23.0 Å². The molecule has 328 valence electrons. The summed E-state index contributed by atoms with van der Waals surface area (Å²) in [7, 11) is 0. The molecule has 0 atom stereocenters. The number of rotatable bonds is 12. The largest absolute Gasteiger partial charge is 0.507 e. The molecule has 2 N–H and O–H groups in total. The van der Waals surface area contributed by atoms with Gasteiger partial charge in [0.05, 0.1) is 13.2 Å². The first kappa shape index (κ1) is 48.1. The third-order valence-electron chi connectivity index (χ3n) is 12.1. The van der Waals surface area contributed by atoms with E-state index in [9.17, 15) is 10.2 Å². The van der Waals surface area contributed by atoms with Gasteiger partial charge in [-0.25, -0.2) is 0 Å². The highest BCUT2D eigenvalue weighted by atomic mass is 79.9. The van der Waals surface area contributed by atoms with E-state index in [1.165, 1.54) is 22.3 Å². The number of unbranched alkanes of at least 4 members (excludes halogenated alkanes) is 4. The average Bonchev–Trinajstić information content (AvgIpc) is 3.13. The van der Waals surface area contributed by atoms with Gasteiger partial charge in [0.25, 0.3) is 0 Å². The molecule has 0 saturated carbocycles. The molecule has 4 aromatic rings. The third-order valence-corrected chi connectivity index (χ3v) is 13.2. The number of fused-ring (bicyclic) bond motifs is 8. The monoisotopic (exact) mass is 944 g/mol. The van der Waals surface area contributed by atoms with E-state index in [1.54, 1.807) is 0 Å². The van der Waals surface area contributed by atoms with E-state index in [-0.39, 0.29) is 21.7 Å². The number of hydrogen-bond acceptors (Lipinski definition) is 4. The number of aromatic hydroxyl groups is 2. The van der Waals surface area contributed by atoms with Gasteiger partial charge in [-0.1, -0.05) is 163 Å². The fourth-order valence-electron chi connectivity index (χ4n) is 8.11. The van der Waals surface area contributed by atoms with Crippen LogP contribution in [-0.4, -0.2) is 34.1 Å². The molecule has 0 spiro atoms. The van der Waals surface area contributed by atoms with E-state index < -0.39 is 0 Å². The van der Waals surface area contributed by atoms with Crippen LogP contribution in [0.15, 0.2) is 48.5 Å². The Kier molecular flexibility index (Phi) is 15.7. The molecule has 60 heavy (non-hydrogen) atoms. The minimum atomic E-state index is -0.149. The Morgan fingerprint density at radius 1 is 0.383 bits per heavy atom. The lowest BCUT2D eigenvalue weighted by atomic mass is 9.79. The van der Waals surface area contributed by atoms with E-state index >= 15 is 0 Å². The fourth-order valence-corrected chi connectivity index (χ4v) is 8.90. The first-order chi connectivity index (χ1) is 28.0. The molecule has 0 fully saturated rings. The summed E-state index contributed by atoms with van der Waals surface area (Å²) >= 11 is 7.20. The second kappa shape index (κ2) is 19.6. The van der Waals surface area contributed by atoms with Gasteiger partial charge < -0.3 is 19.7 Å². The maximum atomic E-state index is 12.5. The molecule has 1 aliphatic rings. The predicted molar refractivity (Wildman–Crippen MR) is 261 cm³/mol. The lowest BCUT2D eigenvalue weighted by Gasteiger charge is -2.28. The van der Waals surface area contributed by atoms with E-state index in [4.69, 9.17) is 9.47 Å². The zero-order chi connectivity index (χ0) is 44.2. The first-order valence-corrected chi connectivity index (χ1v) is 24.7. The molecule has 0 heterocycles. The van der Waals surface area contributed by atoms with Crippen LogP contribution < -0.4 is 9.47 Å². The van der Waals surface area contributed by atoms with Crippen molar-refractivity contribution in [2.75, 3.05) is 23.9 Å². The average molecular weight is 947 g/mol. The number of ether oxygens (including phenoxy) is 2. The zero-order valence-electron chi connectivity index (χ0n) is 39.0. The van der Waals surface area contributed by atoms with Gasteiger partial charge in [0, 0.05) is 36.3 Å². The smallest absolute Gasteiger partial charge is 0.126 e. The predicted octanol–water partition coefficient (Wildman–Crippen LogP) is 14.9. The second-order valence-electron chi connectivity index (χ2n) is 21.4. The van der Waals surface area contributed by atoms with Gasteiger partial charge in [-0.3, -0.25) is 0 Å². The molecule has 0 aliphatic heterocycles. The first-order valence-electron chi connectivity index (χ1n) is 22.4. The van der Waals surface area contributed by atoms with Crippen molar-refractivity contribution in [2.24, 2.45) is 0 Å². The Labute approximate surface area is 380 Å². The van der Waals surface area contributed by atoms with Crippen molar-refractivity contribution in [2.45, 2.75) is 169 Å². The molecule has 8 bridgehead atoms. The molecule has 4 aromatic carbocycles. The van der Waals surface area contributed by atoms with Crippen molar-refractivity contribution in [3.8, 4) is 23.0 Å². The van der Waals surface area contributed by atoms with Crippen LogP contribution in [-0.2, 0) is 47.3 Å². The minimum Gasteiger partial charge on any atom is -0.507 e. The van der Waals surface area contributed by atoms with Crippen LogP contribution in [0, 0.1) is 0 Å². The highest BCUT2D eigenvalue weighted by Gasteiger charge is 2.28. The summed E-state index contributed by atoms with van der Waals surface area (Å²) in [4.78, 5) is 0. The molecule has 0 radical (unpaired) electrons. The molecular weight excluding hydrogens is 872 g/mol. The molecule has 1 aliphatic carbocycles. The highest BCUT2D eigenvalue weighted by molar-refractivity contribution is 9.09. The van der Waals surface area contributed by atoms with E-state index in [0.29, 0.717) is 50.4 Å². The number of benzene rings is 4. The summed E-state index contributed by atoms with van der Waals surface area (Å²) < 4.78 is 13.8. The maximum absolute atomic E-state index is 12.5. The molecule has 0 saturated heterocycles. The lowest BCUT2D eigenvalue weighted by Crippen LogP contribution is -2.17. The summed E-state index contributed by atoms with van der Waals surface area (Å²) in [6, 6.07) is 18.1. The van der Waals surface area contributed by atoms with Gasteiger partial charge >= 0.3 is 0 Å². The Hall–Kier alpha value is -2.96. The number of alkyl halides is 2. The fraction of sp³-hybridized carbons (Fsp3) is 0.556. The number of phenols is 2. The van der Waals surface area contributed by atoms with Gasteiger partial charge in [0.1, 0.15) is 23.0 Å². The Balaban J connectivity index is 1.88. The topological polar surface area (TPSA) is 58.9 Å². The molecule has 0 aromatic heterocycles. The van der Waals surface area contributed by atoms with Crippen molar-refractivity contribution < 1.29 is 19.7 Å².